The van der Waals surface area contributed by atoms with Crippen LogP contribution in [0.3, 0.4) is 0 Å². The van der Waals surface area contributed by atoms with Crippen LogP contribution in [0, 0.1) is 23.6 Å². The molecule has 0 saturated carbocycles. The molecule has 0 fully saturated rings. The van der Waals surface area contributed by atoms with E-state index in [2.05, 4.69) is 26.2 Å². The number of pyridine rings is 2. The van der Waals surface area contributed by atoms with Crippen LogP contribution in [0.25, 0.3) is 22.6 Å². The number of hydrogen-bond donors (Lipinski definition) is 0. The molecule has 4 rings (SSSR count). The van der Waals surface area contributed by atoms with E-state index < -0.39 is 11.8 Å². The van der Waals surface area contributed by atoms with Gasteiger partial charge in [0.05, 0.1) is 12.8 Å². The van der Waals surface area contributed by atoms with Crippen molar-refractivity contribution in [2.75, 3.05) is 7.11 Å². The monoisotopic (exact) mass is 575 g/mol. The molecule has 0 aliphatic heterocycles. The minimum Gasteiger partial charge on any atom is -0.569 e. The van der Waals surface area contributed by atoms with Crippen molar-refractivity contribution >= 4 is 0 Å². The average molecular weight is 575 g/mol. The molecule has 9 heteroatoms. The smallest absolute Gasteiger partial charge is 0.229 e. The molecule has 5 nitrogen and oxygen atoms in total. The second-order valence-corrected chi connectivity index (χ2v) is 5.37. The van der Waals surface area contributed by atoms with Crippen LogP contribution in [0.1, 0.15) is 0 Å². The van der Waals surface area contributed by atoms with E-state index in [1.807, 2.05) is 0 Å². The molecule has 3 heterocycles. The van der Waals surface area contributed by atoms with E-state index in [0.29, 0.717) is 5.69 Å². The normalized spacial score (nSPS) is 9.79. The number of methoxy groups -OCH3 is 1. The van der Waals surface area contributed by atoms with Crippen LogP contribution in [0.5, 0.6) is 5.75 Å². The second-order valence-electron chi connectivity index (χ2n) is 5.37. The van der Waals surface area contributed by atoms with Gasteiger partial charge in [-0.25, -0.2) is 4.39 Å². The molecule has 0 N–H and O–H groups in total. The summed E-state index contributed by atoms with van der Waals surface area (Å²) in [6, 6.07) is 15.5. The second kappa shape index (κ2) is 10.5. The molecule has 0 bridgehead atoms. The van der Waals surface area contributed by atoms with E-state index in [4.69, 9.17) is 4.74 Å². The molecule has 0 atom stereocenters. The van der Waals surface area contributed by atoms with Crippen molar-refractivity contribution in [3.8, 4) is 28.4 Å². The number of nitrogens with zero attached hydrogens (tertiary/aromatic N) is 4. The Hall–Kier alpha value is -3.03. The fourth-order valence-electron chi connectivity index (χ4n) is 2.20. The molecule has 1 radical (unpaired) electrons. The summed E-state index contributed by atoms with van der Waals surface area (Å²) in [6.07, 6.45) is 3.12. The molecule has 0 unspecified atom stereocenters. The molecule has 29 heavy (non-hydrogen) atoms. The topological polar surface area (TPSA) is 62.0 Å². The maximum absolute atomic E-state index is 12.9. The van der Waals surface area contributed by atoms with Gasteiger partial charge in [-0.15, -0.1) is 29.8 Å². The zero-order valence-corrected chi connectivity index (χ0v) is 17.3. The van der Waals surface area contributed by atoms with Gasteiger partial charge in [0.2, 0.25) is 5.95 Å². The van der Waals surface area contributed by atoms with Gasteiger partial charge < -0.3 is 19.9 Å². The first-order valence-electron chi connectivity index (χ1n) is 8.02. The molecular formula is C20H13F3IrN4O-2. The van der Waals surface area contributed by atoms with Gasteiger partial charge in [0.1, 0.15) is 5.75 Å². The Morgan fingerprint density at radius 2 is 1.76 bits per heavy atom. The van der Waals surface area contributed by atoms with Crippen LogP contribution in [0.4, 0.5) is 13.2 Å². The van der Waals surface area contributed by atoms with Gasteiger partial charge in [-0.3, -0.25) is 9.37 Å². The number of ether oxygens (including phenoxy) is 1. The van der Waals surface area contributed by atoms with Crippen molar-refractivity contribution in [2.24, 2.45) is 0 Å². The largest absolute Gasteiger partial charge is 0.569 e. The zero-order valence-electron chi connectivity index (χ0n) is 14.9. The van der Waals surface area contributed by atoms with Crippen molar-refractivity contribution in [1.29, 1.82) is 0 Å². The van der Waals surface area contributed by atoms with Gasteiger partial charge in [0, 0.05) is 38.3 Å². The standard InChI is InChI=1S/C12H9FNO.C8H4F2N3.Ir/c1-15-11-6-7-14-12(8-11)9-2-4-10(13)5-3-9;9-6-7(12-13-8(6)10)5-3-1-2-4-11-5;/h2,4-8H,1H3;1-4H;/q2*-1;. The molecule has 0 amide bonds. The van der Waals surface area contributed by atoms with Gasteiger partial charge in [-0.2, -0.15) is 4.39 Å². The molecule has 0 aliphatic rings. The number of aromatic nitrogens is 4. The zero-order chi connectivity index (χ0) is 19.9. The third-order valence-corrected chi connectivity index (χ3v) is 3.55. The molecule has 3 aromatic heterocycles. The van der Waals surface area contributed by atoms with Crippen LogP contribution in [0.2, 0.25) is 0 Å². The SMILES string of the molecule is COc1ccnc(-c2[c-]cc(F)cc2)c1.Fc1n[n-]c(-c2ccccn2)c1F.[Ir]. The summed E-state index contributed by atoms with van der Waals surface area (Å²) in [5.74, 6) is -1.83. The van der Waals surface area contributed by atoms with E-state index in [-0.39, 0.29) is 37.3 Å². The Kier molecular flexibility index (Phi) is 8.06. The van der Waals surface area contributed by atoms with Crippen LogP contribution in [-0.2, 0) is 20.1 Å². The van der Waals surface area contributed by atoms with E-state index in [0.717, 1.165) is 11.3 Å². The van der Waals surface area contributed by atoms with Crippen LogP contribution >= 0.6 is 0 Å². The molecule has 1 aromatic carbocycles. The summed E-state index contributed by atoms with van der Waals surface area (Å²) in [4.78, 5) is 7.97. The molecular weight excluding hydrogens is 561 g/mol. The summed E-state index contributed by atoms with van der Waals surface area (Å²) < 4.78 is 43.1. The van der Waals surface area contributed by atoms with Crippen molar-refractivity contribution < 1.29 is 38.0 Å². The van der Waals surface area contributed by atoms with Crippen molar-refractivity contribution in [1.82, 2.24) is 20.2 Å². The Bertz CT molecular complexity index is 1040. The molecule has 0 saturated heterocycles. The maximum Gasteiger partial charge on any atom is 0.229 e. The minimum absolute atomic E-state index is 0. The number of benzene rings is 1. The molecule has 0 spiro atoms. The summed E-state index contributed by atoms with van der Waals surface area (Å²) in [5.41, 5.74) is 1.58. The number of rotatable bonds is 3. The third kappa shape index (κ3) is 5.73. The Morgan fingerprint density at radius 3 is 2.34 bits per heavy atom. The quantitative estimate of drug-likeness (QED) is 0.346. The Balaban J connectivity index is 0.000000202. The van der Waals surface area contributed by atoms with Gasteiger partial charge >= 0.3 is 0 Å². The third-order valence-electron chi connectivity index (χ3n) is 3.55. The Labute approximate surface area is 178 Å². The van der Waals surface area contributed by atoms with Crippen molar-refractivity contribution in [3.63, 3.8) is 0 Å². The van der Waals surface area contributed by atoms with Crippen LogP contribution in [-0.4, -0.2) is 22.2 Å². The van der Waals surface area contributed by atoms with Gasteiger partial charge in [-0.1, -0.05) is 11.8 Å². The van der Waals surface area contributed by atoms with Crippen molar-refractivity contribution in [2.45, 2.75) is 0 Å². The first kappa shape index (κ1) is 22.3. The molecule has 4 aromatic rings. The summed E-state index contributed by atoms with van der Waals surface area (Å²) in [6.45, 7) is 0. The fraction of sp³-hybridized carbons (Fsp3) is 0.0500. The van der Waals surface area contributed by atoms with E-state index in [9.17, 15) is 13.2 Å². The summed E-state index contributed by atoms with van der Waals surface area (Å²) in [5, 5.41) is 6.28. The Morgan fingerprint density at radius 1 is 0.966 bits per heavy atom. The number of halogens is 3. The van der Waals surface area contributed by atoms with Crippen LogP contribution < -0.4 is 9.84 Å². The van der Waals surface area contributed by atoms with Crippen LogP contribution in [0.15, 0.2) is 60.9 Å². The first-order valence-corrected chi connectivity index (χ1v) is 8.02. The predicted octanol–water partition coefficient (Wildman–Crippen LogP) is 4.07. The van der Waals surface area contributed by atoms with Gasteiger partial charge in [0.25, 0.3) is 0 Å². The van der Waals surface area contributed by atoms with E-state index in [1.54, 1.807) is 43.6 Å². The maximum atomic E-state index is 12.9. The average Bonchev–Trinajstić information content (AvgIpc) is 3.08. The number of hydrogen-bond acceptors (Lipinski definition) is 4. The minimum atomic E-state index is -1.19. The van der Waals surface area contributed by atoms with Crippen molar-refractivity contribution in [3.05, 3.63) is 84.6 Å². The van der Waals surface area contributed by atoms with Gasteiger partial charge in [-0.05, 0) is 30.0 Å². The predicted molar refractivity (Wildman–Crippen MR) is 95.7 cm³/mol. The summed E-state index contributed by atoms with van der Waals surface area (Å²) in [7, 11) is 1.59. The van der Waals surface area contributed by atoms with Gasteiger partial charge in [0.15, 0.2) is 5.82 Å². The molecule has 151 valence electrons. The fourth-order valence-corrected chi connectivity index (χ4v) is 2.20. The molecule has 0 aliphatic carbocycles. The summed E-state index contributed by atoms with van der Waals surface area (Å²) >= 11 is 0. The van der Waals surface area contributed by atoms with E-state index >= 15 is 0 Å². The first-order chi connectivity index (χ1) is 13.6. The van der Waals surface area contributed by atoms with E-state index in [1.165, 1.54) is 24.4 Å².